The normalized spacial score (nSPS) is 16.2. The van der Waals surface area contributed by atoms with Crippen LogP contribution in [0.4, 0.5) is 15.5 Å². The van der Waals surface area contributed by atoms with Gasteiger partial charge in [0.05, 0.1) is 6.61 Å². The Hall–Kier alpha value is -2.77. The third-order valence-corrected chi connectivity index (χ3v) is 7.63. The molecule has 2 aliphatic heterocycles. The number of unbranched alkanes of at least 4 members (excludes halogenated alkanes) is 1. The highest BCUT2D eigenvalue weighted by atomic mass is 32.1. The maximum Gasteiger partial charge on any atom is 0.317 e. The van der Waals surface area contributed by atoms with Gasteiger partial charge >= 0.3 is 6.03 Å². The van der Waals surface area contributed by atoms with Crippen LogP contribution in [0.1, 0.15) is 24.0 Å². The number of carbonyl (C=O) groups is 1. The second kappa shape index (κ2) is 9.38. The molecular formula is C25H30N4O2S. The van der Waals surface area contributed by atoms with Crippen LogP contribution < -0.4 is 20.7 Å². The van der Waals surface area contributed by atoms with Crippen molar-refractivity contribution in [2.75, 3.05) is 49.5 Å². The molecule has 0 aliphatic carbocycles. The predicted octanol–water partition coefficient (Wildman–Crippen LogP) is 4.47. The Kier molecular flexibility index (Phi) is 6.19. The number of nitrogens with one attached hydrogen (secondary N) is 1. The number of aryl methyl sites for hydroxylation is 1. The number of benzene rings is 2. The lowest BCUT2D eigenvalue weighted by atomic mass is 10.1. The lowest BCUT2D eigenvalue weighted by Crippen LogP contribution is -2.46. The summed E-state index contributed by atoms with van der Waals surface area (Å²) in [7, 11) is 0. The van der Waals surface area contributed by atoms with Gasteiger partial charge in [-0.15, -0.1) is 11.3 Å². The van der Waals surface area contributed by atoms with Gasteiger partial charge in [0.15, 0.2) is 0 Å². The first-order valence-electron chi connectivity index (χ1n) is 11.5. The minimum atomic E-state index is -0.494. The molecule has 32 heavy (non-hydrogen) atoms. The number of ether oxygens (including phenoxy) is 1. The smallest absolute Gasteiger partial charge is 0.317 e. The van der Waals surface area contributed by atoms with Crippen LogP contribution in [0.2, 0.25) is 0 Å². The summed E-state index contributed by atoms with van der Waals surface area (Å²) in [6, 6.07) is 14.5. The van der Waals surface area contributed by atoms with E-state index in [1.54, 1.807) is 11.3 Å². The number of thiophene rings is 1. The number of hydrogen-bond donors (Lipinski definition) is 2. The molecule has 0 spiro atoms. The van der Waals surface area contributed by atoms with Gasteiger partial charge in [-0.3, -0.25) is 10.2 Å². The molecule has 1 saturated heterocycles. The lowest BCUT2D eigenvalue weighted by molar-refractivity contribution is 0.253. The van der Waals surface area contributed by atoms with Gasteiger partial charge in [0.2, 0.25) is 0 Å². The summed E-state index contributed by atoms with van der Waals surface area (Å²) in [5.74, 6) is 1.06. The molecule has 3 N–H and O–H groups in total. The topological polar surface area (TPSA) is 70.8 Å². The second-order valence-corrected chi connectivity index (χ2v) is 9.62. The van der Waals surface area contributed by atoms with Gasteiger partial charge in [0.25, 0.3) is 0 Å². The molecule has 0 bridgehead atoms. The molecule has 3 heterocycles. The Labute approximate surface area is 192 Å². The highest BCUT2D eigenvalue weighted by molar-refractivity contribution is 7.23. The zero-order chi connectivity index (χ0) is 21.9. The fraction of sp³-hybridized carbons (Fsp3) is 0.400. The Morgan fingerprint density at radius 1 is 1.09 bits per heavy atom. The Bertz CT molecular complexity index is 1100. The van der Waals surface area contributed by atoms with Crippen molar-refractivity contribution in [2.45, 2.75) is 25.7 Å². The fourth-order valence-electron chi connectivity index (χ4n) is 4.80. The van der Waals surface area contributed by atoms with E-state index in [1.165, 1.54) is 26.9 Å². The maximum atomic E-state index is 11.4. The molecule has 7 heteroatoms. The largest absolute Gasteiger partial charge is 0.493 e. The van der Waals surface area contributed by atoms with E-state index < -0.39 is 6.03 Å². The minimum Gasteiger partial charge on any atom is -0.493 e. The highest BCUT2D eigenvalue weighted by Crippen LogP contribution is 2.36. The molecule has 3 aromatic rings. The second-order valence-electron chi connectivity index (χ2n) is 8.57. The number of anilines is 2. The van der Waals surface area contributed by atoms with Crippen molar-refractivity contribution in [3.63, 3.8) is 0 Å². The summed E-state index contributed by atoms with van der Waals surface area (Å²) in [6.45, 7) is 6.27. The molecule has 2 amide bonds. The van der Waals surface area contributed by atoms with Crippen LogP contribution in [0.3, 0.4) is 0 Å². The van der Waals surface area contributed by atoms with E-state index in [4.69, 9.17) is 10.5 Å². The molecule has 6 nitrogen and oxygen atoms in total. The average Bonchev–Trinajstić information content (AvgIpc) is 3.40. The van der Waals surface area contributed by atoms with E-state index in [0.29, 0.717) is 0 Å². The zero-order valence-electron chi connectivity index (χ0n) is 18.3. The van der Waals surface area contributed by atoms with E-state index in [2.05, 4.69) is 51.5 Å². The number of carbonyl (C=O) groups excluding carboxylic acids is 1. The summed E-state index contributed by atoms with van der Waals surface area (Å²) in [6.07, 6.45) is 4.23. The first kappa shape index (κ1) is 21.1. The van der Waals surface area contributed by atoms with Crippen LogP contribution in [0.25, 0.3) is 10.1 Å². The number of urea groups is 1. The molecule has 0 radical (unpaired) electrons. The van der Waals surface area contributed by atoms with Crippen molar-refractivity contribution < 1.29 is 9.53 Å². The molecule has 1 fully saturated rings. The van der Waals surface area contributed by atoms with E-state index in [-0.39, 0.29) is 0 Å². The van der Waals surface area contributed by atoms with Gasteiger partial charge in [-0.2, -0.15) is 0 Å². The highest BCUT2D eigenvalue weighted by Gasteiger charge is 2.20. The fourth-order valence-corrected chi connectivity index (χ4v) is 5.95. The molecule has 0 unspecified atom stereocenters. The van der Waals surface area contributed by atoms with Crippen LogP contribution in [-0.2, 0) is 12.8 Å². The summed E-state index contributed by atoms with van der Waals surface area (Å²) < 4.78 is 6.83. The van der Waals surface area contributed by atoms with Gasteiger partial charge in [0, 0.05) is 43.0 Å². The number of hydrogen-bond acceptors (Lipinski definition) is 5. The molecular weight excluding hydrogens is 420 g/mol. The molecule has 5 rings (SSSR count). The monoisotopic (exact) mass is 450 g/mol. The maximum absolute atomic E-state index is 11.4. The molecule has 0 atom stereocenters. The molecule has 1 aromatic heterocycles. The van der Waals surface area contributed by atoms with Crippen LogP contribution in [0.5, 0.6) is 5.75 Å². The quantitative estimate of drug-likeness (QED) is 0.521. The number of nitrogens with zero attached hydrogens (tertiary/aromatic N) is 2. The first-order chi connectivity index (χ1) is 15.7. The van der Waals surface area contributed by atoms with Crippen molar-refractivity contribution in [3.05, 3.63) is 53.6 Å². The summed E-state index contributed by atoms with van der Waals surface area (Å²) in [5.41, 5.74) is 9.27. The van der Waals surface area contributed by atoms with Gasteiger partial charge in [-0.05, 0) is 66.6 Å². The zero-order valence-corrected chi connectivity index (χ0v) is 19.1. The third kappa shape index (κ3) is 4.54. The number of piperazine rings is 1. The van der Waals surface area contributed by atoms with Crippen molar-refractivity contribution in [1.82, 2.24) is 4.90 Å². The number of rotatable bonds is 7. The Balaban J connectivity index is 1.11. The standard InChI is InChI=1S/C25H30N4O2S/c26-25(30)27-24-21(20-5-1-2-7-23(20)32-24)6-3-4-11-28-12-14-29(15-13-28)19-8-9-22-18(17-19)10-16-31-22/h1-2,5,7-9,17H,3-4,6,10-16H2,(H3,26,27,30). The van der Waals surface area contributed by atoms with Gasteiger partial charge in [-0.25, -0.2) is 4.79 Å². The van der Waals surface area contributed by atoms with E-state index in [9.17, 15) is 4.79 Å². The summed E-state index contributed by atoms with van der Waals surface area (Å²) in [5, 5.41) is 4.95. The van der Waals surface area contributed by atoms with Gasteiger partial charge in [-0.1, -0.05) is 18.2 Å². The Morgan fingerprint density at radius 2 is 1.94 bits per heavy atom. The first-order valence-corrected chi connectivity index (χ1v) is 12.3. The lowest BCUT2D eigenvalue weighted by Gasteiger charge is -2.36. The molecule has 0 saturated carbocycles. The van der Waals surface area contributed by atoms with Crippen LogP contribution in [-0.4, -0.2) is 50.3 Å². The average molecular weight is 451 g/mol. The van der Waals surface area contributed by atoms with Crippen molar-refractivity contribution in [2.24, 2.45) is 5.73 Å². The van der Waals surface area contributed by atoms with E-state index >= 15 is 0 Å². The number of primary amides is 1. The molecule has 2 aromatic carbocycles. The van der Waals surface area contributed by atoms with E-state index in [0.717, 1.165) is 75.8 Å². The van der Waals surface area contributed by atoms with Crippen LogP contribution in [0.15, 0.2) is 42.5 Å². The van der Waals surface area contributed by atoms with E-state index in [1.807, 2.05) is 6.07 Å². The number of amides is 2. The van der Waals surface area contributed by atoms with Crippen molar-refractivity contribution >= 4 is 38.1 Å². The van der Waals surface area contributed by atoms with Crippen molar-refractivity contribution in [3.8, 4) is 5.75 Å². The van der Waals surface area contributed by atoms with Crippen molar-refractivity contribution in [1.29, 1.82) is 0 Å². The Morgan fingerprint density at radius 3 is 2.78 bits per heavy atom. The summed E-state index contributed by atoms with van der Waals surface area (Å²) >= 11 is 1.61. The van der Waals surface area contributed by atoms with Crippen LogP contribution >= 0.6 is 11.3 Å². The number of nitrogens with two attached hydrogens (primary N) is 1. The predicted molar refractivity (Wildman–Crippen MR) is 132 cm³/mol. The minimum absolute atomic E-state index is 0.494. The van der Waals surface area contributed by atoms with Gasteiger partial charge < -0.3 is 15.4 Å². The molecule has 2 aliphatic rings. The van der Waals surface area contributed by atoms with Gasteiger partial charge in [0.1, 0.15) is 10.8 Å². The SMILES string of the molecule is NC(=O)Nc1sc2ccccc2c1CCCCN1CCN(c2ccc3c(c2)CCO3)CC1. The molecule has 168 valence electrons. The third-order valence-electron chi connectivity index (χ3n) is 6.50. The summed E-state index contributed by atoms with van der Waals surface area (Å²) in [4.78, 5) is 16.5. The number of fused-ring (bicyclic) bond motifs is 2. The van der Waals surface area contributed by atoms with Crippen LogP contribution in [0, 0.1) is 0 Å².